The number of thiazole rings is 1. The van der Waals surface area contributed by atoms with Crippen LogP contribution < -0.4 is 0 Å². The monoisotopic (exact) mass is 303 g/mol. The summed E-state index contributed by atoms with van der Waals surface area (Å²) in [6.07, 6.45) is 1.03. The Morgan fingerprint density at radius 3 is 2.53 bits per heavy atom. The van der Waals surface area contributed by atoms with Gasteiger partial charge in [-0.05, 0) is 20.0 Å². The summed E-state index contributed by atoms with van der Waals surface area (Å²) in [6, 6.07) is 0. The Bertz CT molecular complexity index is 352. The van der Waals surface area contributed by atoms with E-state index in [1.807, 2.05) is 0 Å². The van der Waals surface area contributed by atoms with Crippen LogP contribution in [0.2, 0.25) is 0 Å². The quantitative estimate of drug-likeness (QED) is 0.654. The van der Waals surface area contributed by atoms with Gasteiger partial charge in [-0.1, -0.05) is 13.8 Å². The molecule has 1 aromatic heterocycles. The third-order valence-corrected chi connectivity index (χ3v) is 4.10. The van der Waals surface area contributed by atoms with Crippen molar-refractivity contribution in [3.05, 3.63) is 16.1 Å². The van der Waals surface area contributed by atoms with E-state index in [4.69, 9.17) is 11.6 Å². The largest absolute Gasteiger partial charge is 0.308 e. The van der Waals surface area contributed by atoms with Gasteiger partial charge in [0.15, 0.2) is 0 Å². The van der Waals surface area contributed by atoms with E-state index in [0.29, 0.717) is 11.8 Å². The van der Waals surface area contributed by atoms with Gasteiger partial charge in [0.05, 0.1) is 16.6 Å². The van der Waals surface area contributed by atoms with Crippen molar-refractivity contribution in [3.8, 4) is 0 Å². The number of nitrogens with zero attached hydrogens (tertiary/aromatic N) is 3. The lowest BCUT2D eigenvalue weighted by Crippen LogP contribution is -2.35. The molecule has 0 N–H and O–H groups in total. The molecule has 3 nitrogen and oxygen atoms in total. The second-order valence-corrected chi connectivity index (χ2v) is 6.82. The van der Waals surface area contributed by atoms with Crippen molar-refractivity contribution in [2.75, 3.05) is 40.3 Å². The van der Waals surface area contributed by atoms with Crippen LogP contribution in [0.15, 0.2) is 5.38 Å². The lowest BCUT2D eigenvalue weighted by atomic mass is 10.2. The number of rotatable bonds is 9. The van der Waals surface area contributed by atoms with Crippen molar-refractivity contribution >= 4 is 22.9 Å². The Morgan fingerprint density at radius 1 is 1.26 bits per heavy atom. The van der Waals surface area contributed by atoms with Gasteiger partial charge in [0.2, 0.25) is 0 Å². The molecular weight excluding hydrogens is 278 g/mol. The summed E-state index contributed by atoms with van der Waals surface area (Å²) in [5, 5.41) is 3.27. The molecule has 0 unspecified atom stereocenters. The Hall–Kier alpha value is -0.160. The van der Waals surface area contributed by atoms with Crippen molar-refractivity contribution in [1.29, 1.82) is 0 Å². The Labute approximate surface area is 126 Å². The average molecular weight is 304 g/mol. The van der Waals surface area contributed by atoms with Gasteiger partial charge in [0.1, 0.15) is 0 Å². The zero-order chi connectivity index (χ0) is 14.3. The smallest absolute Gasteiger partial charge is 0.0941 e. The van der Waals surface area contributed by atoms with Crippen LogP contribution in [0.3, 0.4) is 0 Å². The summed E-state index contributed by atoms with van der Waals surface area (Å²) in [5.74, 6) is 1.23. The molecule has 0 saturated carbocycles. The number of hydrogen-bond acceptors (Lipinski definition) is 4. The van der Waals surface area contributed by atoms with E-state index in [9.17, 15) is 0 Å². The van der Waals surface area contributed by atoms with Gasteiger partial charge in [-0.2, -0.15) is 0 Å². The fraction of sp³-hybridized carbons (Fsp3) is 0.786. The molecule has 0 atom stereocenters. The molecule has 1 heterocycles. The zero-order valence-electron chi connectivity index (χ0n) is 12.5. The first kappa shape index (κ1) is 16.9. The summed E-state index contributed by atoms with van der Waals surface area (Å²) in [5.41, 5.74) is 1.00. The molecule has 0 aromatic carbocycles. The standard InChI is InChI=1S/C14H26ClN3S/c1-12(2)10-18(8-7-17(3)4)6-5-14-16-13(9-15)11-19-14/h11-12H,5-10H2,1-4H3. The van der Waals surface area contributed by atoms with E-state index in [1.165, 1.54) is 5.01 Å². The first-order chi connectivity index (χ1) is 9.01. The van der Waals surface area contributed by atoms with Gasteiger partial charge in [0, 0.05) is 38.0 Å². The fourth-order valence-electron chi connectivity index (χ4n) is 1.93. The Kier molecular flexibility index (Phi) is 7.91. The predicted octanol–water partition coefficient (Wildman–Crippen LogP) is 2.94. The lowest BCUT2D eigenvalue weighted by Gasteiger charge is -2.25. The summed E-state index contributed by atoms with van der Waals surface area (Å²) in [6.45, 7) is 9.02. The van der Waals surface area contributed by atoms with E-state index in [2.05, 4.69) is 48.1 Å². The van der Waals surface area contributed by atoms with E-state index >= 15 is 0 Å². The molecule has 0 spiro atoms. The van der Waals surface area contributed by atoms with Crippen LogP contribution >= 0.6 is 22.9 Å². The second-order valence-electron chi connectivity index (χ2n) is 5.61. The van der Waals surface area contributed by atoms with Gasteiger partial charge < -0.3 is 9.80 Å². The lowest BCUT2D eigenvalue weighted by molar-refractivity contribution is 0.221. The molecule has 0 aliphatic rings. The highest BCUT2D eigenvalue weighted by molar-refractivity contribution is 7.09. The highest BCUT2D eigenvalue weighted by Crippen LogP contribution is 2.13. The van der Waals surface area contributed by atoms with Crippen LogP contribution in [0.25, 0.3) is 0 Å². The number of halogens is 1. The second kappa shape index (κ2) is 8.90. The SMILES string of the molecule is CC(C)CN(CCc1nc(CCl)cs1)CCN(C)C. The third-order valence-electron chi connectivity index (χ3n) is 2.86. The van der Waals surface area contributed by atoms with Crippen molar-refractivity contribution in [3.63, 3.8) is 0 Å². The van der Waals surface area contributed by atoms with Crippen molar-refractivity contribution in [1.82, 2.24) is 14.8 Å². The molecule has 0 bridgehead atoms. The molecular formula is C14H26ClN3S. The molecule has 0 aliphatic carbocycles. The van der Waals surface area contributed by atoms with E-state index in [0.717, 1.165) is 38.3 Å². The fourth-order valence-corrected chi connectivity index (χ4v) is 2.95. The summed E-state index contributed by atoms with van der Waals surface area (Å²) in [7, 11) is 4.25. The molecule has 0 saturated heterocycles. The molecule has 0 fully saturated rings. The summed E-state index contributed by atoms with van der Waals surface area (Å²) < 4.78 is 0. The normalized spacial score (nSPS) is 12.0. The third kappa shape index (κ3) is 7.25. The Balaban J connectivity index is 2.42. The first-order valence-corrected chi connectivity index (χ1v) is 8.29. The summed E-state index contributed by atoms with van der Waals surface area (Å²) >= 11 is 7.51. The minimum absolute atomic E-state index is 0.521. The van der Waals surface area contributed by atoms with Gasteiger partial charge in [-0.25, -0.2) is 4.98 Å². The van der Waals surface area contributed by atoms with Crippen molar-refractivity contribution in [2.45, 2.75) is 26.1 Å². The first-order valence-electron chi connectivity index (χ1n) is 6.87. The molecule has 19 heavy (non-hydrogen) atoms. The number of likely N-dealkylation sites (N-methyl/N-ethyl adjacent to an activating group) is 1. The highest BCUT2D eigenvalue weighted by Gasteiger charge is 2.09. The van der Waals surface area contributed by atoms with Gasteiger partial charge in [-0.3, -0.25) is 0 Å². The molecule has 5 heteroatoms. The molecule has 1 rings (SSSR count). The van der Waals surface area contributed by atoms with Crippen LogP contribution in [-0.4, -0.2) is 55.1 Å². The summed E-state index contributed by atoms with van der Waals surface area (Å²) in [4.78, 5) is 9.30. The van der Waals surface area contributed by atoms with Gasteiger partial charge in [-0.15, -0.1) is 22.9 Å². The highest BCUT2D eigenvalue weighted by atomic mass is 35.5. The van der Waals surface area contributed by atoms with E-state index < -0.39 is 0 Å². The minimum Gasteiger partial charge on any atom is -0.308 e. The maximum absolute atomic E-state index is 5.78. The molecule has 1 aromatic rings. The van der Waals surface area contributed by atoms with Crippen LogP contribution in [-0.2, 0) is 12.3 Å². The number of alkyl halides is 1. The maximum atomic E-state index is 5.78. The van der Waals surface area contributed by atoms with Gasteiger partial charge >= 0.3 is 0 Å². The topological polar surface area (TPSA) is 19.4 Å². The van der Waals surface area contributed by atoms with Crippen LogP contribution in [0.4, 0.5) is 0 Å². The van der Waals surface area contributed by atoms with Crippen molar-refractivity contribution < 1.29 is 0 Å². The van der Waals surface area contributed by atoms with E-state index in [-0.39, 0.29) is 0 Å². The van der Waals surface area contributed by atoms with Crippen LogP contribution in [0, 0.1) is 5.92 Å². The minimum atomic E-state index is 0.521. The molecule has 110 valence electrons. The van der Waals surface area contributed by atoms with Gasteiger partial charge in [0.25, 0.3) is 0 Å². The predicted molar refractivity (Wildman–Crippen MR) is 85.2 cm³/mol. The van der Waals surface area contributed by atoms with Crippen LogP contribution in [0.5, 0.6) is 0 Å². The average Bonchev–Trinajstić information content (AvgIpc) is 2.80. The molecule has 0 radical (unpaired) electrons. The Morgan fingerprint density at radius 2 is 2.00 bits per heavy atom. The number of hydrogen-bond donors (Lipinski definition) is 0. The maximum Gasteiger partial charge on any atom is 0.0941 e. The molecule has 0 amide bonds. The van der Waals surface area contributed by atoms with Crippen LogP contribution in [0.1, 0.15) is 24.5 Å². The van der Waals surface area contributed by atoms with Crippen molar-refractivity contribution in [2.24, 2.45) is 5.92 Å². The number of aromatic nitrogens is 1. The molecule has 0 aliphatic heterocycles. The zero-order valence-corrected chi connectivity index (χ0v) is 14.1. The van der Waals surface area contributed by atoms with E-state index in [1.54, 1.807) is 11.3 Å².